The number of benzene rings is 2. The summed E-state index contributed by atoms with van der Waals surface area (Å²) in [7, 11) is 0. The highest BCUT2D eigenvalue weighted by molar-refractivity contribution is 6.00. The summed E-state index contributed by atoms with van der Waals surface area (Å²) in [6.07, 6.45) is 1.89. The molecule has 0 spiro atoms. The Bertz CT molecular complexity index is 947. The number of carbonyl (C=O) groups is 1. The molecule has 0 aromatic heterocycles. The maximum absolute atomic E-state index is 11.0. The third-order valence-corrected chi connectivity index (χ3v) is 5.43. The standard InChI is InChI=1S/C22H22N2O2/c1-5-22(6-2)20-11-16(13-23)7-9-18(20)19-10-8-17(12-21(19)22)14(3)24-26-15(4)25/h7-12H,5-6H2,1-4H3/b24-14-. The molecule has 0 radical (unpaired) electrons. The molecule has 0 amide bonds. The summed E-state index contributed by atoms with van der Waals surface area (Å²) in [6.45, 7) is 7.55. The monoisotopic (exact) mass is 346 g/mol. The van der Waals surface area contributed by atoms with E-state index in [9.17, 15) is 10.1 Å². The summed E-state index contributed by atoms with van der Waals surface area (Å²) in [5.41, 5.74) is 7.06. The summed E-state index contributed by atoms with van der Waals surface area (Å²) in [4.78, 5) is 15.8. The van der Waals surface area contributed by atoms with E-state index in [4.69, 9.17) is 4.84 Å². The highest BCUT2D eigenvalue weighted by atomic mass is 16.7. The molecule has 2 aromatic rings. The van der Waals surface area contributed by atoms with Crippen LogP contribution in [0, 0.1) is 11.3 Å². The molecule has 1 aliphatic carbocycles. The number of carbonyl (C=O) groups excluding carboxylic acids is 1. The number of oxime groups is 1. The lowest BCUT2D eigenvalue weighted by molar-refractivity contribution is -0.140. The molecule has 0 unspecified atom stereocenters. The van der Waals surface area contributed by atoms with E-state index in [1.54, 1.807) is 0 Å². The Kier molecular flexibility index (Phi) is 4.65. The molecule has 132 valence electrons. The fourth-order valence-electron chi connectivity index (χ4n) is 3.99. The Morgan fingerprint density at radius 2 is 1.69 bits per heavy atom. The molecule has 0 saturated heterocycles. The van der Waals surface area contributed by atoms with E-state index < -0.39 is 5.97 Å². The molecular weight excluding hydrogens is 324 g/mol. The number of fused-ring (bicyclic) bond motifs is 3. The summed E-state index contributed by atoms with van der Waals surface area (Å²) in [6, 6.07) is 14.5. The number of rotatable bonds is 4. The molecule has 3 rings (SSSR count). The predicted octanol–water partition coefficient (Wildman–Crippen LogP) is 4.93. The molecule has 4 nitrogen and oxygen atoms in total. The van der Waals surface area contributed by atoms with Crippen LogP contribution in [0.15, 0.2) is 41.6 Å². The normalized spacial score (nSPS) is 14.3. The second kappa shape index (κ2) is 6.76. The smallest absolute Gasteiger partial charge is 0.318 e. The third kappa shape index (κ3) is 2.70. The van der Waals surface area contributed by atoms with Gasteiger partial charge in [-0.05, 0) is 65.8 Å². The lowest BCUT2D eigenvalue weighted by atomic mass is 9.73. The molecule has 0 N–H and O–H groups in total. The Morgan fingerprint density at radius 3 is 2.27 bits per heavy atom. The molecule has 2 aromatic carbocycles. The number of hydrogen-bond acceptors (Lipinski definition) is 4. The Morgan fingerprint density at radius 1 is 1.08 bits per heavy atom. The van der Waals surface area contributed by atoms with Crippen LogP contribution in [0.1, 0.15) is 62.8 Å². The Labute approximate surface area is 154 Å². The quantitative estimate of drug-likeness (QED) is 0.448. The van der Waals surface area contributed by atoms with Crippen molar-refractivity contribution in [1.29, 1.82) is 5.26 Å². The van der Waals surface area contributed by atoms with Gasteiger partial charge in [0.2, 0.25) is 0 Å². The summed E-state index contributed by atoms with van der Waals surface area (Å²) < 4.78 is 0. The fraction of sp³-hybridized carbons (Fsp3) is 0.318. The van der Waals surface area contributed by atoms with Crippen LogP contribution in [0.4, 0.5) is 0 Å². The second-order valence-electron chi connectivity index (χ2n) is 6.68. The van der Waals surface area contributed by atoms with Crippen molar-refractivity contribution in [2.24, 2.45) is 5.16 Å². The molecule has 0 bridgehead atoms. The van der Waals surface area contributed by atoms with Crippen molar-refractivity contribution < 1.29 is 9.63 Å². The topological polar surface area (TPSA) is 62.4 Å². The van der Waals surface area contributed by atoms with E-state index >= 15 is 0 Å². The van der Waals surface area contributed by atoms with Crippen LogP contribution in [-0.4, -0.2) is 11.7 Å². The summed E-state index contributed by atoms with van der Waals surface area (Å²) >= 11 is 0. The lowest BCUT2D eigenvalue weighted by Gasteiger charge is -2.30. The Hall–Kier alpha value is -2.93. The molecule has 0 fully saturated rings. The van der Waals surface area contributed by atoms with Crippen LogP contribution in [0.3, 0.4) is 0 Å². The van der Waals surface area contributed by atoms with Crippen LogP contribution in [-0.2, 0) is 15.0 Å². The minimum absolute atomic E-state index is 0.116. The molecule has 0 atom stereocenters. The highest BCUT2D eigenvalue weighted by Crippen LogP contribution is 2.53. The SMILES string of the molecule is CCC1(CC)c2cc(C#N)ccc2-c2ccc(/C(C)=N\OC(C)=O)cc21. The van der Waals surface area contributed by atoms with Crippen molar-refractivity contribution in [3.63, 3.8) is 0 Å². The van der Waals surface area contributed by atoms with Gasteiger partial charge in [0.25, 0.3) is 0 Å². The zero-order valence-electron chi connectivity index (χ0n) is 15.6. The average Bonchev–Trinajstić information content (AvgIpc) is 2.94. The highest BCUT2D eigenvalue weighted by Gasteiger charge is 2.40. The predicted molar refractivity (Wildman–Crippen MR) is 102 cm³/mol. The van der Waals surface area contributed by atoms with E-state index in [1.807, 2.05) is 25.1 Å². The van der Waals surface area contributed by atoms with Gasteiger partial charge >= 0.3 is 5.97 Å². The molecule has 0 aliphatic heterocycles. The maximum Gasteiger partial charge on any atom is 0.331 e. The first-order chi connectivity index (χ1) is 12.5. The second-order valence-corrected chi connectivity index (χ2v) is 6.68. The first-order valence-corrected chi connectivity index (χ1v) is 8.89. The van der Waals surface area contributed by atoms with Gasteiger partial charge in [0.15, 0.2) is 0 Å². The number of nitrogens with zero attached hydrogens (tertiary/aromatic N) is 2. The molecule has 4 heteroatoms. The Balaban J connectivity index is 2.18. The fourth-order valence-corrected chi connectivity index (χ4v) is 3.99. The third-order valence-electron chi connectivity index (χ3n) is 5.43. The van der Waals surface area contributed by atoms with Gasteiger partial charge in [0, 0.05) is 12.3 Å². The summed E-state index contributed by atoms with van der Waals surface area (Å²) in [5, 5.41) is 13.2. The van der Waals surface area contributed by atoms with Gasteiger partial charge in [-0.15, -0.1) is 0 Å². The van der Waals surface area contributed by atoms with Crippen molar-refractivity contribution in [3.05, 3.63) is 58.7 Å². The van der Waals surface area contributed by atoms with Crippen molar-refractivity contribution in [2.45, 2.75) is 46.0 Å². The van der Waals surface area contributed by atoms with Crippen molar-refractivity contribution >= 4 is 11.7 Å². The lowest BCUT2D eigenvalue weighted by Crippen LogP contribution is -2.23. The van der Waals surface area contributed by atoms with Gasteiger partial charge in [-0.2, -0.15) is 5.26 Å². The largest absolute Gasteiger partial charge is 0.331 e. The molecular formula is C22H22N2O2. The van der Waals surface area contributed by atoms with Gasteiger partial charge in [0.05, 0.1) is 17.3 Å². The zero-order valence-corrected chi connectivity index (χ0v) is 15.6. The zero-order chi connectivity index (χ0) is 18.9. The first kappa shape index (κ1) is 17.9. The first-order valence-electron chi connectivity index (χ1n) is 8.89. The van der Waals surface area contributed by atoms with Crippen LogP contribution in [0.25, 0.3) is 11.1 Å². The molecule has 1 aliphatic rings. The number of hydrogen-bond donors (Lipinski definition) is 0. The van der Waals surface area contributed by atoms with E-state index in [1.165, 1.54) is 29.2 Å². The molecule has 0 heterocycles. The average molecular weight is 346 g/mol. The van der Waals surface area contributed by atoms with Gasteiger partial charge in [-0.25, -0.2) is 4.79 Å². The van der Waals surface area contributed by atoms with E-state index in [-0.39, 0.29) is 5.41 Å². The van der Waals surface area contributed by atoms with Gasteiger partial charge in [0.1, 0.15) is 0 Å². The van der Waals surface area contributed by atoms with Crippen LogP contribution < -0.4 is 0 Å². The van der Waals surface area contributed by atoms with E-state index in [2.05, 4.69) is 43.3 Å². The maximum atomic E-state index is 11.0. The van der Waals surface area contributed by atoms with Gasteiger partial charge in [-0.1, -0.05) is 37.2 Å². The molecule has 26 heavy (non-hydrogen) atoms. The minimum atomic E-state index is -0.432. The van der Waals surface area contributed by atoms with Crippen LogP contribution >= 0.6 is 0 Å². The van der Waals surface area contributed by atoms with Gasteiger partial charge in [-0.3, -0.25) is 0 Å². The van der Waals surface area contributed by atoms with Gasteiger partial charge < -0.3 is 4.84 Å². The van der Waals surface area contributed by atoms with Crippen LogP contribution in [0.2, 0.25) is 0 Å². The van der Waals surface area contributed by atoms with E-state index in [0.29, 0.717) is 11.3 Å². The summed E-state index contributed by atoms with van der Waals surface area (Å²) in [5.74, 6) is -0.432. The molecule has 0 saturated carbocycles. The van der Waals surface area contributed by atoms with Crippen molar-refractivity contribution in [1.82, 2.24) is 0 Å². The van der Waals surface area contributed by atoms with Crippen molar-refractivity contribution in [3.8, 4) is 17.2 Å². The van der Waals surface area contributed by atoms with Crippen LogP contribution in [0.5, 0.6) is 0 Å². The van der Waals surface area contributed by atoms with E-state index in [0.717, 1.165) is 18.4 Å². The van der Waals surface area contributed by atoms with Crippen molar-refractivity contribution in [2.75, 3.05) is 0 Å². The minimum Gasteiger partial charge on any atom is -0.318 e. The number of nitriles is 1.